The number of hydrogen-bond acceptors (Lipinski definition) is 3. The Kier molecular flexibility index (Phi) is 4.11. The lowest BCUT2D eigenvalue weighted by Gasteiger charge is -2.12. The molecule has 2 aromatic rings. The molecule has 1 heterocycles. The molecule has 0 fully saturated rings. The van der Waals surface area contributed by atoms with Crippen molar-refractivity contribution in [3.8, 4) is 5.75 Å². The summed E-state index contributed by atoms with van der Waals surface area (Å²) in [5.41, 5.74) is 7.39. The van der Waals surface area contributed by atoms with Crippen LogP contribution in [0.2, 0.25) is 10.0 Å². The van der Waals surface area contributed by atoms with Crippen molar-refractivity contribution in [3.05, 3.63) is 46.0 Å². The molecule has 1 aromatic heterocycles. The molecule has 4 nitrogen and oxygen atoms in total. The molecule has 0 aliphatic carbocycles. The van der Waals surface area contributed by atoms with E-state index in [1.807, 2.05) is 11.6 Å². The molecular weight excluding hydrogens is 273 g/mol. The second-order valence-corrected chi connectivity index (χ2v) is 4.71. The fourth-order valence-electron chi connectivity index (χ4n) is 1.60. The number of benzene rings is 1. The number of nitrogens with two attached hydrogens (primary N) is 1. The lowest BCUT2D eigenvalue weighted by molar-refractivity contribution is 0.294. The molecular formula is C12H13Cl2N3O. The zero-order valence-electron chi connectivity index (χ0n) is 9.86. The van der Waals surface area contributed by atoms with E-state index in [9.17, 15) is 0 Å². The molecule has 0 saturated carbocycles. The minimum absolute atomic E-state index is 0.320. The topological polar surface area (TPSA) is 53.1 Å². The molecule has 0 aliphatic heterocycles. The van der Waals surface area contributed by atoms with Gasteiger partial charge in [0, 0.05) is 24.2 Å². The molecule has 0 unspecified atom stereocenters. The second-order valence-electron chi connectivity index (χ2n) is 3.86. The van der Waals surface area contributed by atoms with E-state index in [-0.39, 0.29) is 0 Å². The van der Waals surface area contributed by atoms with Crippen LogP contribution in [0.15, 0.2) is 24.7 Å². The van der Waals surface area contributed by atoms with E-state index in [0.717, 1.165) is 11.3 Å². The van der Waals surface area contributed by atoms with Crippen molar-refractivity contribution >= 4 is 23.2 Å². The van der Waals surface area contributed by atoms with Gasteiger partial charge >= 0.3 is 0 Å². The number of hydrogen-bond donors (Lipinski definition) is 1. The first-order valence-corrected chi connectivity index (χ1v) is 6.13. The van der Waals surface area contributed by atoms with Crippen molar-refractivity contribution in [1.82, 2.24) is 9.55 Å². The summed E-state index contributed by atoms with van der Waals surface area (Å²) in [7, 11) is 1.90. The van der Waals surface area contributed by atoms with Crippen molar-refractivity contribution < 1.29 is 4.74 Å². The van der Waals surface area contributed by atoms with E-state index < -0.39 is 0 Å². The molecule has 0 atom stereocenters. The van der Waals surface area contributed by atoms with Gasteiger partial charge in [-0.15, -0.1) is 0 Å². The summed E-state index contributed by atoms with van der Waals surface area (Å²) in [5, 5.41) is 1.01. The molecule has 0 bridgehead atoms. The van der Waals surface area contributed by atoms with Crippen molar-refractivity contribution in [2.75, 3.05) is 0 Å². The molecule has 1 aromatic carbocycles. The number of halogens is 2. The van der Waals surface area contributed by atoms with Gasteiger partial charge in [-0.1, -0.05) is 23.2 Å². The molecule has 96 valence electrons. The third kappa shape index (κ3) is 2.77. The maximum Gasteiger partial charge on any atom is 0.143 e. The fourth-order valence-corrected chi connectivity index (χ4v) is 2.19. The first kappa shape index (κ1) is 13.2. The number of ether oxygens (including phenoxy) is 1. The summed E-state index contributed by atoms with van der Waals surface area (Å²) < 4.78 is 7.59. The fraction of sp³-hybridized carbons (Fsp3) is 0.250. The minimum Gasteiger partial charge on any atom is -0.485 e. The Bertz CT molecular complexity index is 554. The van der Waals surface area contributed by atoms with Crippen molar-refractivity contribution in [3.63, 3.8) is 0 Å². The Morgan fingerprint density at radius 3 is 2.78 bits per heavy atom. The molecule has 2 N–H and O–H groups in total. The molecule has 2 rings (SSSR count). The van der Waals surface area contributed by atoms with Crippen LogP contribution in [0.25, 0.3) is 0 Å². The van der Waals surface area contributed by atoms with Crippen LogP contribution in [0.1, 0.15) is 11.3 Å². The monoisotopic (exact) mass is 285 g/mol. The van der Waals surface area contributed by atoms with Crippen LogP contribution in [-0.4, -0.2) is 9.55 Å². The normalized spacial score (nSPS) is 10.7. The molecule has 18 heavy (non-hydrogen) atoms. The number of nitrogens with zero attached hydrogens (tertiary/aromatic N) is 2. The molecule has 0 saturated heterocycles. The third-order valence-electron chi connectivity index (χ3n) is 2.59. The minimum atomic E-state index is 0.320. The summed E-state index contributed by atoms with van der Waals surface area (Å²) >= 11 is 12.0. The summed E-state index contributed by atoms with van der Waals surface area (Å²) in [4.78, 5) is 4.02. The zero-order chi connectivity index (χ0) is 13.1. The summed E-state index contributed by atoms with van der Waals surface area (Å²) in [6.45, 7) is 0.700. The molecule has 0 radical (unpaired) electrons. The number of rotatable bonds is 4. The van der Waals surface area contributed by atoms with Gasteiger partial charge in [0.2, 0.25) is 0 Å². The van der Waals surface area contributed by atoms with Crippen LogP contribution in [0.4, 0.5) is 0 Å². The standard InChI is InChI=1S/C12H13Cl2N3O/c1-17-7-16-5-10(17)6-18-12-8(4-15)2-9(13)3-11(12)14/h2-3,5,7H,4,6,15H2,1H3. The van der Waals surface area contributed by atoms with Crippen LogP contribution in [0.5, 0.6) is 5.75 Å². The van der Waals surface area contributed by atoms with Crippen molar-refractivity contribution in [2.45, 2.75) is 13.2 Å². The Labute approximate surface area is 115 Å². The maximum absolute atomic E-state index is 6.11. The number of aryl methyl sites for hydroxylation is 1. The Balaban J connectivity index is 2.21. The van der Waals surface area contributed by atoms with E-state index in [1.54, 1.807) is 24.7 Å². The van der Waals surface area contributed by atoms with Gasteiger partial charge < -0.3 is 15.0 Å². The predicted octanol–water partition coefficient (Wildman–Crippen LogP) is 2.76. The summed E-state index contributed by atoms with van der Waals surface area (Å²) in [5.74, 6) is 0.574. The van der Waals surface area contributed by atoms with Gasteiger partial charge in [0.05, 0.1) is 23.2 Å². The van der Waals surface area contributed by atoms with E-state index >= 15 is 0 Å². The highest BCUT2D eigenvalue weighted by atomic mass is 35.5. The van der Waals surface area contributed by atoms with Gasteiger partial charge in [0.1, 0.15) is 12.4 Å². The van der Waals surface area contributed by atoms with E-state index in [0.29, 0.717) is 28.9 Å². The Morgan fingerprint density at radius 2 is 2.17 bits per heavy atom. The van der Waals surface area contributed by atoms with Crippen LogP contribution in [0.3, 0.4) is 0 Å². The van der Waals surface area contributed by atoms with Crippen LogP contribution in [0, 0.1) is 0 Å². The van der Waals surface area contributed by atoms with Gasteiger partial charge in [0.15, 0.2) is 0 Å². The van der Waals surface area contributed by atoms with Gasteiger partial charge in [-0.05, 0) is 12.1 Å². The molecule has 0 spiro atoms. The lowest BCUT2D eigenvalue weighted by atomic mass is 10.2. The van der Waals surface area contributed by atoms with E-state index in [4.69, 9.17) is 33.7 Å². The third-order valence-corrected chi connectivity index (χ3v) is 3.09. The van der Waals surface area contributed by atoms with Gasteiger partial charge in [-0.3, -0.25) is 0 Å². The van der Waals surface area contributed by atoms with Crippen LogP contribution in [-0.2, 0) is 20.2 Å². The first-order chi connectivity index (χ1) is 8.61. The number of aromatic nitrogens is 2. The maximum atomic E-state index is 6.11. The highest BCUT2D eigenvalue weighted by Crippen LogP contribution is 2.32. The highest BCUT2D eigenvalue weighted by molar-refractivity contribution is 6.35. The quantitative estimate of drug-likeness (QED) is 0.940. The van der Waals surface area contributed by atoms with Gasteiger partial charge in [-0.2, -0.15) is 0 Å². The van der Waals surface area contributed by atoms with Crippen LogP contribution >= 0.6 is 23.2 Å². The number of imidazole rings is 1. The van der Waals surface area contributed by atoms with Crippen molar-refractivity contribution in [2.24, 2.45) is 12.8 Å². The molecule has 0 amide bonds. The summed E-state index contributed by atoms with van der Waals surface area (Å²) in [6.07, 6.45) is 3.46. The Morgan fingerprint density at radius 1 is 1.39 bits per heavy atom. The largest absolute Gasteiger partial charge is 0.485 e. The van der Waals surface area contributed by atoms with Crippen LogP contribution < -0.4 is 10.5 Å². The molecule has 0 aliphatic rings. The lowest BCUT2D eigenvalue weighted by Crippen LogP contribution is -2.05. The Hall–Kier alpha value is -1.23. The van der Waals surface area contributed by atoms with E-state index in [1.165, 1.54) is 0 Å². The summed E-state index contributed by atoms with van der Waals surface area (Å²) in [6, 6.07) is 3.40. The highest BCUT2D eigenvalue weighted by Gasteiger charge is 2.10. The average Bonchev–Trinajstić information content (AvgIpc) is 2.73. The predicted molar refractivity (Wildman–Crippen MR) is 71.9 cm³/mol. The van der Waals surface area contributed by atoms with Crippen molar-refractivity contribution in [1.29, 1.82) is 0 Å². The van der Waals surface area contributed by atoms with Gasteiger partial charge in [0.25, 0.3) is 0 Å². The van der Waals surface area contributed by atoms with Gasteiger partial charge in [-0.25, -0.2) is 4.98 Å². The zero-order valence-corrected chi connectivity index (χ0v) is 11.4. The SMILES string of the molecule is Cn1cncc1COc1c(Cl)cc(Cl)cc1CN. The first-order valence-electron chi connectivity index (χ1n) is 5.37. The smallest absolute Gasteiger partial charge is 0.143 e. The average molecular weight is 286 g/mol. The molecule has 6 heteroatoms. The second kappa shape index (κ2) is 5.61. The van der Waals surface area contributed by atoms with E-state index in [2.05, 4.69) is 4.98 Å².